The third kappa shape index (κ3) is 2.79. The van der Waals surface area contributed by atoms with Gasteiger partial charge in [0, 0.05) is 24.2 Å². The number of nitrogens with one attached hydrogen (secondary N) is 1. The second-order valence-corrected chi connectivity index (χ2v) is 8.53. The summed E-state index contributed by atoms with van der Waals surface area (Å²) in [5, 5.41) is 3.82. The van der Waals surface area contributed by atoms with Crippen molar-refractivity contribution in [2.75, 3.05) is 6.54 Å². The van der Waals surface area contributed by atoms with Gasteiger partial charge in [0.05, 0.1) is 0 Å². The lowest BCUT2D eigenvalue weighted by molar-refractivity contribution is 0.0458. The minimum absolute atomic E-state index is 0.795. The molecule has 0 amide bonds. The lowest BCUT2D eigenvalue weighted by Crippen LogP contribution is -2.52. The second-order valence-electron chi connectivity index (χ2n) is 8.53. The SMILES string of the molecule is CCN(C1CCC2(CCCC2)CC1)C1CC2CCC(C1)N2. The van der Waals surface area contributed by atoms with Crippen LogP contribution in [0.1, 0.15) is 84.0 Å². The first-order valence-corrected chi connectivity index (χ1v) is 9.80. The number of hydrogen-bond acceptors (Lipinski definition) is 2. The van der Waals surface area contributed by atoms with Crippen LogP contribution < -0.4 is 5.32 Å². The van der Waals surface area contributed by atoms with E-state index < -0.39 is 0 Å². The molecular weight excluding hydrogens is 256 g/mol. The summed E-state index contributed by atoms with van der Waals surface area (Å²) in [5.74, 6) is 0. The topological polar surface area (TPSA) is 15.3 Å². The average molecular weight is 290 g/mol. The van der Waals surface area contributed by atoms with E-state index in [1.807, 2.05) is 0 Å². The van der Waals surface area contributed by atoms with Gasteiger partial charge in [-0.1, -0.05) is 19.8 Å². The van der Waals surface area contributed by atoms with Gasteiger partial charge < -0.3 is 5.32 Å². The summed E-state index contributed by atoms with van der Waals surface area (Å²) < 4.78 is 0. The Morgan fingerprint density at radius 1 is 0.857 bits per heavy atom. The molecule has 4 rings (SSSR count). The predicted molar refractivity (Wildman–Crippen MR) is 88.5 cm³/mol. The zero-order valence-electron chi connectivity index (χ0n) is 13.9. The molecule has 2 atom stereocenters. The summed E-state index contributed by atoms with van der Waals surface area (Å²) in [6.45, 7) is 3.69. The molecule has 0 radical (unpaired) electrons. The second kappa shape index (κ2) is 5.85. The molecule has 1 N–H and O–H groups in total. The quantitative estimate of drug-likeness (QED) is 0.842. The summed E-state index contributed by atoms with van der Waals surface area (Å²) in [6, 6.07) is 3.47. The van der Waals surface area contributed by atoms with Crippen molar-refractivity contribution < 1.29 is 0 Å². The van der Waals surface area contributed by atoms with Gasteiger partial charge in [-0.05, 0) is 76.2 Å². The van der Waals surface area contributed by atoms with Crippen LogP contribution in [0.15, 0.2) is 0 Å². The standard InChI is InChI=1S/C19H34N2/c1-2-21(18-13-15-5-6-16(14-18)20-15)17-7-11-19(12-8-17)9-3-4-10-19/h15-18,20H,2-14H2,1H3. The molecule has 4 aliphatic rings. The van der Waals surface area contributed by atoms with Crippen LogP contribution in [0, 0.1) is 5.41 Å². The molecule has 0 aromatic heterocycles. The summed E-state index contributed by atoms with van der Waals surface area (Å²) >= 11 is 0. The Balaban J connectivity index is 1.38. The van der Waals surface area contributed by atoms with Crippen molar-refractivity contribution in [3.8, 4) is 0 Å². The molecule has 2 aliphatic carbocycles. The predicted octanol–water partition coefficient (Wildman–Crippen LogP) is 4.09. The van der Waals surface area contributed by atoms with Gasteiger partial charge >= 0.3 is 0 Å². The molecule has 2 heterocycles. The molecule has 1 spiro atoms. The van der Waals surface area contributed by atoms with Crippen LogP contribution >= 0.6 is 0 Å². The van der Waals surface area contributed by atoms with Gasteiger partial charge in [-0.3, -0.25) is 4.90 Å². The monoisotopic (exact) mass is 290 g/mol. The van der Waals surface area contributed by atoms with Crippen molar-refractivity contribution in [2.24, 2.45) is 5.41 Å². The number of hydrogen-bond donors (Lipinski definition) is 1. The first kappa shape index (κ1) is 14.5. The molecule has 2 heteroatoms. The molecule has 2 unspecified atom stereocenters. The number of rotatable bonds is 3. The highest BCUT2D eigenvalue weighted by Gasteiger charge is 2.42. The number of piperidine rings is 1. The molecule has 0 aromatic carbocycles. The minimum Gasteiger partial charge on any atom is -0.311 e. The highest BCUT2D eigenvalue weighted by atomic mass is 15.2. The van der Waals surface area contributed by atoms with E-state index >= 15 is 0 Å². The summed E-state index contributed by atoms with van der Waals surface area (Å²) in [4.78, 5) is 2.92. The first-order valence-electron chi connectivity index (χ1n) is 9.80. The van der Waals surface area contributed by atoms with Crippen LogP contribution in [-0.2, 0) is 0 Å². The normalized spacial score (nSPS) is 39.4. The van der Waals surface area contributed by atoms with Crippen LogP contribution in [-0.4, -0.2) is 35.6 Å². The molecule has 0 aromatic rings. The van der Waals surface area contributed by atoms with Gasteiger partial charge in [0.25, 0.3) is 0 Å². The van der Waals surface area contributed by atoms with Crippen LogP contribution in [0.2, 0.25) is 0 Å². The van der Waals surface area contributed by atoms with E-state index in [0.717, 1.165) is 29.6 Å². The third-order valence-corrected chi connectivity index (χ3v) is 7.43. The molecule has 2 bridgehead atoms. The van der Waals surface area contributed by atoms with Crippen molar-refractivity contribution in [1.82, 2.24) is 10.2 Å². The maximum Gasteiger partial charge on any atom is 0.0128 e. The van der Waals surface area contributed by atoms with Gasteiger partial charge in [0.1, 0.15) is 0 Å². The van der Waals surface area contributed by atoms with Gasteiger partial charge in [-0.25, -0.2) is 0 Å². The summed E-state index contributed by atoms with van der Waals surface area (Å²) in [7, 11) is 0. The lowest BCUT2D eigenvalue weighted by Gasteiger charge is -2.46. The van der Waals surface area contributed by atoms with Gasteiger partial charge in [-0.2, -0.15) is 0 Å². The van der Waals surface area contributed by atoms with Gasteiger partial charge in [-0.15, -0.1) is 0 Å². The van der Waals surface area contributed by atoms with Crippen molar-refractivity contribution in [3.05, 3.63) is 0 Å². The zero-order valence-corrected chi connectivity index (χ0v) is 13.9. The molecule has 2 nitrogen and oxygen atoms in total. The van der Waals surface area contributed by atoms with E-state index in [4.69, 9.17) is 0 Å². The largest absolute Gasteiger partial charge is 0.311 e. The van der Waals surface area contributed by atoms with Gasteiger partial charge in [0.2, 0.25) is 0 Å². The average Bonchev–Trinajstić information content (AvgIpc) is 3.09. The Labute approximate surface area is 131 Å². The molecule has 2 saturated heterocycles. The Morgan fingerprint density at radius 2 is 1.48 bits per heavy atom. The van der Waals surface area contributed by atoms with Crippen LogP contribution in [0.4, 0.5) is 0 Å². The fourth-order valence-electron chi connectivity index (χ4n) is 6.28. The number of fused-ring (bicyclic) bond motifs is 2. The van der Waals surface area contributed by atoms with E-state index in [1.165, 1.54) is 70.8 Å². The van der Waals surface area contributed by atoms with E-state index in [1.54, 1.807) is 12.8 Å². The van der Waals surface area contributed by atoms with Crippen molar-refractivity contribution in [3.63, 3.8) is 0 Å². The van der Waals surface area contributed by atoms with Crippen molar-refractivity contribution >= 4 is 0 Å². The molecule has 4 fully saturated rings. The molecule has 2 aliphatic heterocycles. The van der Waals surface area contributed by atoms with Crippen LogP contribution in [0.5, 0.6) is 0 Å². The van der Waals surface area contributed by atoms with Gasteiger partial charge in [0.15, 0.2) is 0 Å². The fourth-order valence-corrected chi connectivity index (χ4v) is 6.28. The Morgan fingerprint density at radius 3 is 2.05 bits per heavy atom. The third-order valence-electron chi connectivity index (χ3n) is 7.43. The molecular formula is C19H34N2. The smallest absolute Gasteiger partial charge is 0.0128 e. The van der Waals surface area contributed by atoms with E-state index in [0.29, 0.717) is 0 Å². The van der Waals surface area contributed by atoms with E-state index in [2.05, 4.69) is 17.1 Å². The summed E-state index contributed by atoms with van der Waals surface area (Å²) in [5.41, 5.74) is 0.795. The van der Waals surface area contributed by atoms with Crippen LogP contribution in [0.3, 0.4) is 0 Å². The molecule has 21 heavy (non-hydrogen) atoms. The zero-order chi connectivity index (χ0) is 14.3. The van der Waals surface area contributed by atoms with Crippen molar-refractivity contribution in [1.29, 1.82) is 0 Å². The Hall–Kier alpha value is -0.0800. The fraction of sp³-hybridized carbons (Fsp3) is 1.00. The molecule has 120 valence electrons. The maximum absolute atomic E-state index is 3.82. The lowest BCUT2D eigenvalue weighted by atomic mass is 9.71. The van der Waals surface area contributed by atoms with E-state index in [-0.39, 0.29) is 0 Å². The highest BCUT2D eigenvalue weighted by molar-refractivity contribution is 4.98. The maximum atomic E-state index is 3.82. The van der Waals surface area contributed by atoms with Crippen molar-refractivity contribution in [2.45, 2.75) is 108 Å². The molecule has 2 saturated carbocycles. The highest BCUT2D eigenvalue weighted by Crippen LogP contribution is 2.50. The first-order chi connectivity index (χ1) is 10.3. The number of nitrogens with zero attached hydrogens (tertiary/aromatic N) is 1. The Bertz CT molecular complexity index is 339. The minimum atomic E-state index is 0.795. The Kier molecular flexibility index (Phi) is 4.04. The summed E-state index contributed by atoms with van der Waals surface area (Å²) in [6.07, 6.45) is 17.9. The van der Waals surface area contributed by atoms with E-state index in [9.17, 15) is 0 Å². The van der Waals surface area contributed by atoms with Crippen LogP contribution in [0.25, 0.3) is 0 Å².